The van der Waals surface area contributed by atoms with Gasteiger partial charge in [0.25, 0.3) is 0 Å². The summed E-state index contributed by atoms with van der Waals surface area (Å²) in [6.45, 7) is 1.99. The molecule has 2 atom stereocenters. The molecule has 0 spiro atoms. The van der Waals surface area contributed by atoms with E-state index in [9.17, 15) is 9.59 Å². The van der Waals surface area contributed by atoms with Crippen molar-refractivity contribution in [2.45, 2.75) is 31.6 Å². The van der Waals surface area contributed by atoms with Crippen LogP contribution in [0.1, 0.15) is 41.4 Å². The largest absolute Gasteiger partial charge is 0.465 e. The summed E-state index contributed by atoms with van der Waals surface area (Å²) in [6, 6.07) is 17.7. The predicted octanol–water partition coefficient (Wildman–Crippen LogP) is 3.85. The van der Waals surface area contributed by atoms with Crippen LogP contribution in [-0.2, 0) is 19.1 Å². The topological polar surface area (TPSA) is 78.6 Å². The van der Waals surface area contributed by atoms with E-state index in [1.165, 1.54) is 7.11 Å². The molecule has 0 unspecified atom stereocenters. The van der Waals surface area contributed by atoms with Gasteiger partial charge in [-0.1, -0.05) is 60.2 Å². The number of carbonyl (C=O) groups excluding carboxylic acids is 2. The number of methoxy groups -OCH3 is 1. The summed E-state index contributed by atoms with van der Waals surface area (Å²) >= 11 is 0. The highest BCUT2D eigenvalue weighted by Gasteiger charge is 2.43. The standard InChI is InChI=1S/C24H23NO4/c1-14-8-10-16(11-9-14)20-21-18(26)12-17(15-6-4-3-5-7-15)13-19(21)29-23(25)22(20)24(27)28-2/h3-11,17,20H,12-13,25H2,1-2H3/t17-,20-/m0/s1. The summed E-state index contributed by atoms with van der Waals surface area (Å²) in [6.07, 6.45) is 0.922. The Labute approximate surface area is 169 Å². The first-order valence-electron chi connectivity index (χ1n) is 9.63. The average Bonchev–Trinajstić information content (AvgIpc) is 2.73. The van der Waals surface area contributed by atoms with Crippen LogP contribution < -0.4 is 5.73 Å². The molecular weight excluding hydrogens is 366 g/mol. The summed E-state index contributed by atoms with van der Waals surface area (Å²) in [4.78, 5) is 25.8. The van der Waals surface area contributed by atoms with Crippen LogP contribution >= 0.6 is 0 Å². The summed E-state index contributed by atoms with van der Waals surface area (Å²) < 4.78 is 10.8. The lowest BCUT2D eigenvalue weighted by Crippen LogP contribution is -2.32. The highest BCUT2D eigenvalue weighted by molar-refractivity contribution is 6.03. The molecule has 1 aliphatic carbocycles. The molecule has 2 N–H and O–H groups in total. The number of ether oxygens (including phenoxy) is 2. The van der Waals surface area contributed by atoms with Gasteiger partial charge in [-0.3, -0.25) is 4.79 Å². The monoisotopic (exact) mass is 389 g/mol. The van der Waals surface area contributed by atoms with E-state index < -0.39 is 11.9 Å². The summed E-state index contributed by atoms with van der Waals surface area (Å²) in [5.74, 6) is -0.629. The minimum Gasteiger partial charge on any atom is -0.465 e. The van der Waals surface area contributed by atoms with Gasteiger partial charge in [-0.05, 0) is 24.0 Å². The number of nitrogens with two attached hydrogens (primary N) is 1. The van der Waals surface area contributed by atoms with E-state index in [2.05, 4.69) is 0 Å². The van der Waals surface area contributed by atoms with Crippen LogP contribution in [0.25, 0.3) is 0 Å². The molecule has 0 saturated heterocycles. The number of hydrogen-bond donors (Lipinski definition) is 1. The molecule has 29 heavy (non-hydrogen) atoms. The minimum atomic E-state index is -0.587. The summed E-state index contributed by atoms with van der Waals surface area (Å²) in [7, 11) is 1.30. The zero-order valence-electron chi connectivity index (χ0n) is 16.5. The van der Waals surface area contributed by atoms with E-state index in [-0.39, 0.29) is 23.2 Å². The van der Waals surface area contributed by atoms with E-state index in [0.717, 1.165) is 16.7 Å². The highest BCUT2D eigenvalue weighted by Crippen LogP contribution is 2.47. The van der Waals surface area contributed by atoms with Crippen molar-refractivity contribution in [1.29, 1.82) is 0 Å². The Morgan fingerprint density at radius 2 is 1.72 bits per heavy atom. The predicted molar refractivity (Wildman–Crippen MR) is 109 cm³/mol. The molecular formula is C24H23NO4. The number of hydrogen-bond acceptors (Lipinski definition) is 5. The van der Waals surface area contributed by atoms with Crippen molar-refractivity contribution in [3.05, 3.63) is 94.1 Å². The molecule has 0 aromatic heterocycles. The van der Waals surface area contributed by atoms with Crippen LogP contribution in [0.2, 0.25) is 0 Å². The van der Waals surface area contributed by atoms with Gasteiger partial charge in [0.2, 0.25) is 5.88 Å². The molecule has 5 heteroatoms. The number of benzene rings is 2. The fourth-order valence-electron chi connectivity index (χ4n) is 4.17. The van der Waals surface area contributed by atoms with Crippen molar-refractivity contribution in [2.75, 3.05) is 7.11 Å². The van der Waals surface area contributed by atoms with Gasteiger partial charge in [0.05, 0.1) is 13.0 Å². The van der Waals surface area contributed by atoms with E-state index in [1.54, 1.807) is 0 Å². The van der Waals surface area contributed by atoms with Crippen molar-refractivity contribution in [1.82, 2.24) is 0 Å². The maximum atomic E-state index is 13.3. The number of carbonyl (C=O) groups is 2. The third-order valence-corrected chi connectivity index (χ3v) is 5.63. The molecule has 148 valence electrons. The van der Waals surface area contributed by atoms with Crippen molar-refractivity contribution >= 4 is 11.8 Å². The van der Waals surface area contributed by atoms with Crippen molar-refractivity contribution < 1.29 is 19.1 Å². The Bertz CT molecular complexity index is 1020. The quantitative estimate of drug-likeness (QED) is 0.807. The molecule has 2 aliphatic rings. The number of rotatable bonds is 3. The first-order chi connectivity index (χ1) is 14.0. The number of ketones is 1. The normalized spacial score (nSPS) is 21.5. The molecule has 2 aromatic rings. The molecule has 1 heterocycles. The maximum Gasteiger partial charge on any atom is 0.340 e. The van der Waals surface area contributed by atoms with Crippen molar-refractivity contribution in [2.24, 2.45) is 5.73 Å². The Balaban J connectivity index is 1.81. The van der Waals surface area contributed by atoms with E-state index in [0.29, 0.717) is 24.2 Å². The maximum absolute atomic E-state index is 13.3. The molecule has 0 amide bonds. The Morgan fingerprint density at radius 3 is 2.38 bits per heavy atom. The second-order valence-electron chi connectivity index (χ2n) is 7.49. The number of aryl methyl sites for hydroxylation is 1. The first kappa shape index (κ1) is 19.0. The second kappa shape index (κ2) is 7.59. The van der Waals surface area contributed by atoms with Crippen LogP contribution in [-0.4, -0.2) is 18.9 Å². The van der Waals surface area contributed by atoms with E-state index >= 15 is 0 Å². The minimum absolute atomic E-state index is 0.00249. The third-order valence-electron chi connectivity index (χ3n) is 5.63. The highest BCUT2D eigenvalue weighted by atomic mass is 16.5. The van der Waals surface area contributed by atoms with Gasteiger partial charge in [-0.2, -0.15) is 0 Å². The average molecular weight is 389 g/mol. The molecule has 0 fully saturated rings. The lowest BCUT2D eigenvalue weighted by Gasteiger charge is -2.35. The number of allylic oxidation sites excluding steroid dienone is 2. The zero-order chi connectivity index (χ0) is 20.5. The SMILES string of the molecule is COC(=O)C1=C(N)OC2=C(C(=O)C[C@H](c3ccccc3)C2)[C@@H]1c1ccc(C)cc1. The molecule has 1 aliphatic heterocycles. The van der Waals surface area contributed by atoms with Gasteiger partial charge >= 0.3 is 5.97 Å². The van der Waals surface area contributed by atoms with Gasteiger partial charge in [0, 0.05) is 18.4 Å². The van der Waals surface area contributed by atoms with Crippen LogP contribution in [0.4, 0.5) is 0 Å². The third kappa shape index (κ3) is 3.44. The van der Waals surface area contributed by atoms with E-state index in [4.69, 9.17) is 15.2 Å². The van der Waals surface area contributed by atoms with Crippen LogP contribution in [0.3, 0.4) is 0 Å². The summed E-state index contributed by atoms with van der Waals surface area (Å²) in [5.41, 5.74) is 9.85. The van der Waals surface area contributed by atoms with Gasteiger partial charge < -0.3 is 15.2 Å². The lowest BCUT2D eigenvalue weighted by atomic mass is 9.73. The number of esters is 1. The molecule has 0 radical (unpaired) electrons. The van der Waals surface area contributed by atoms with Crippen LogP contribution in [0.15, 0.2) is 77.4 Å². The molecule has 5 nitrogen and oxygen atoms in total. The molecule has 2 aromatic carbocycles. The summed E-state index contributed by atoms with van der Waals surface area (Å²) in [5, 5.41) is 0. The molecule has 0 saturated carbocycles. The fourth-order valence-corrected chi connectivity index (χ4v) is 4.17. The second-order valence-corrected chi connectivity index (χ2v) is 7.49. The van der Waals surface area contributed by atoms with Gasteiger partial charge in [-0.25, -0.2) is 4.79 Å². The van der Waals surface area contributed by atoms with Crippen molar-refractivity contribution in [3.63, 3.8) is 0 Å². The smallest absolute Gasteiger partial charge is 0.340 e. The van der Waals surface area contributed by atoms with Crippen LogP contribution in [0, 0.1) is 6.92 Å². The lowest BCUT2D eigenvalue weighted by molar-refractivity contribution is -0.136. The van der Waals surface area contributed by atoms with Gasteiger partial charge in [0.15, 0.2) is 5.78 Å². The Hall–Kier alpha value is -3.34. The van der Waals surface area contributed by atoms with Crippen molar-refractivity contribution in [3.8, 4) is 0 Å². The van der Waals surface area contributed by atoms with Gasteiger partial charge in [0.1, 0.15) is 11.3 Å². The van der Waals surface area contributed by atoms with Gasteiger partial charge in [-0.15, -0.1) is 0 Å². The van der Waals surface area contributed by atoms with E-state index in [1.807, 2.05) is 61.5 Å². The molecule has 0 bridgehead atoms. The van der Waals surface area contributed by atoms with Crippen LogP contribution in [0.5, 0.6) is 0 Å². The Morgan fingerprint density at radius 1 is 1.03 bits per heavy atom. The Kier molecular flexibility index (Phi) is 4.97. The fraction of sp³-hybridized carbons (Fsp3) is 0.250. The molecule has 4 rings (SSSR count). The zero-order valence-corrected chi connectivity index (χ0v) is 16.5. The number of Topliss-reactive ketones (excluding diaryl/α,β-unsaturated/α-hetero) is 1. The first-order valence-corrected chi connectivity index (χ1v) is 9.63.